The van der Waals surface area contributed by atoms with Crippen LogP contribution in [0.2, 0.25) is 0 Å². The second kappa shape index (κ2) is 4.77. The summed E-state index contributed by atoms with van der Waals surface area (Å²) in [4.78, 5) is 4.37. The molecule has 0 bridgehead atoms. The first-order valence-corrected chi connectivity index (χ1v) is 5.81. The van der Waals surface area contributed by atoms with Crippen molar-refractivity contribution in [2.24, 2.45) is 0 Å². The van der Waals surface area contributed by atoms with Crippen LogP contribution in [0.1, 0.15) is 0 Å². The Labute approximate surface area is 109 Å². The first-order chi connectivity index (χ1) is 7.88. The van der Waals surface area contributed by atoms with Crippen LogP contribution in [-0.2, 0) is 0 Å². The van der Waals surface area contributed by atoms with Crippen LogP contribution in [0.5, 0.6) is 5.75 Å². The predicted octanol–water partition coefficient (Wildman–Crippen LogP) is 3.52. The summed E-state index contributed by atoms with van der Waals surface area (Å²) in [5.74, 6) is 0.837. The van der Waals surface area contributed by atoms with Crippen LogP contribution in [0.4, 0.5) is 0 Å². The van der Waals surface area contributed by atoms with Gasteiger partial charge in [-0.1, -0.05) is 0 Å². The molecule has 2 aromatic heterocycles. The second-order valence-corrected chi connectivity index (χ2v) is 4.35. The van der Waals surface area contributed by atoms with Crippen LogP contribution in [0.25, 0.3) is 16.0 Å². The van der Waals surface area contributed by atoms with E-state index in [1.54, 1.807) is 18.4 Å². The Balaban J connectivity index is 0.00000108. The van der Waals surface area contributed by atoms with Crippen molar-refractivity contribution < 1.29 is 4.74 Å². The van der Waals surface area contributed by atoms with Gasteiger partial charge in [-0.3, -0.25) is 4.57 Å². The van der Waals surface area contributed by atoms with Gasteiger partial charge in [-0.15, -0.1) is 23.7 Å². The molecule has 88 valence electrons. The molecule has 3 aromatic rings. The first-order valence-electron chi connectivity index (χ1n) is 4.93. The monoisotopic (exact) mass is 266 g/mol. The summed E-state index contributed by atoms with van der Waals surface area (Å²) < 4.78 is 7.26. The van der Waals surface area contributed by atoms with E-state index in [1.807, 2.05) is 30.6 Å². The van der Waals surface area contributed by atoms with Crippen molar-refractivity contribution in [3.63, 3.8) is 0 Å². The van der Waals surface area contributed by atoms with E-state index in [0.717, 1.165) is 16.8 Å². The SMILES string of the molecule is COc1ccc2c(c1)ncn2-c1cccs1.Cl. The molecule has 2 heterocycles. The van der Waals surface area contributed by atoms with Crippen molar-refractivity contribution in [1.29, 1.82) is 0 Å². The van der Waals surface area contributed by atoms with Crippen molar-refractivity contribution in [1.82, 2.24) is 9.55 Å². The lowest BCUT2D eigenvalue weighted by atomic mass is 10.3. The summed E-state index contributed by atoms with van der Waals surface area (Å²) in [5, 5.41) is 3.23. The maximum atomic E-state index is 5.18. The van der Waals surface area contributed by atoms with Crippen molar-refractivity contribution in [3.8, 4) is 10.8 Å². The minimum absolute atomic E-state index is 0. The van der Waals surface area contributed by atoms with Crippen molar-refractivity contribution in [2.45, 2.75) is 0 Å². The zero-order valence-corrected chi connectivity index (χ0v) is 10.8. The predicted molar refractivity (Wildman–Crippen MR) is 72.7 cm³/mol. The fourth-order valence-corrected chi connectivity index (χ4v) is 2.41. The Bertz CT molecular complexity index is 619. The highest BCUT2D eigenvalue weighted by Crippen LogP contribution is 2.24. The van der Waals surface area contributed by atoms with Gasteiger partial charge in [-0.25, -0.2) is 4.98 Å². The number of imidazole rings is 1. The molecule has 0 atom stereocenters. The number of aromatic nitrogens is 2. The van der Waals surface area contributed by atoms with Gasteiger partial charge in [-0.2, -0.15) is 0 Å². The van der Waals surface area contributed by atoms with Gasteiger partial charge in [0.1, 0.15) is 17.1 Å². The first kappa shape index (κ1) is 12.0. The van der Waals surface area contributed by atoms with Crippen LogP contribution in [0.3, 0.4) is 0 Å². The molecular weight excluding hydrogens is 256 g/mol. The summed E-state index contributed by atoms with van der Waals surface area (Å²) >= 11 is 1.70. The summed E-state index contributed by atoms with van der Waals surface area (Å²) in [6, 6.07) is 10.0. The van der Waals surface area contributed by atoms with Gasteiger partial charge in [0, 0.05) is 6.07 Å². The maximum absolute atomic E-state index is 5.18. The number of benzene rings is 1. The quantitative estimate of drug-likeness (QED) is 0.710. The van der Waals surface area contributed by atoms with Crippen LogP contribution in [0.15, 0.2) is 42.0 Å². The minimum atomic E-state index is 0. The highest BCUT2D eigenvalue weighted by atomic mass is 35.5. The van der Waals surface area contributed by atoms with Crippen LogP contribution in [-0.4, -0.2) is 16.7 Å². The highest BCUT2D eigenvalue weighted by Gasteiger charge is 2.05. The van der Waals surface area contributed by atoms with E-state index in [4.69, 9.17) is 4.74 Å². The lowest BCUT2D eigenvalue weighted by Gasteiger charge is -2.01. The normalized spacial score (nSPS) is 10.2. The molecule has 0 fully saturated rings. The van der Waals surface area contributed by atoms with Crippen LogP contribution < -0.4 is 4.74 Å². The Morgan fingerprint density at radius 1 is 1.29 bits per heavy atom. The fourth-order valence-electron chi connectivity index (χ4n) is 1.70. The summed E-state index contributed by atoms with van der Waals surface area (Å²) in [6.07, 6.45) is 1.84. The number of methoxy groups -OCH3 is 1. The smallest absolute Gasteiger partial charge is 0.121 e. The molecular formula is C12H11ClN2OS. The zero-order valence-electron chi connectivity index (χ0n) is 9.16. The third-order valence-electron chi connectivity index (χ3n) is 2.50. The van der Waals surface area contributed by atoms with Gasteiger partial charge in [0.25, 0.3) is 0 Å². The number of ether oxygens (including phenoxy) is 1. The van der Waals surface area contributed by atoms with Gasteiger partial charge >= 0.3 is 0 Å². The molecule has 17 heavy (non-hydrogen) atoms. The molecule has 0 aliphatic heterocycles. The molecule has 0 aliphatic carbocycles. The number of fused-ring (bicyclic) bond motifs is 1. The average Bonchev–Trinajstić information content (AvgIpc) is 2.96. The van der Waals surface area contributed by atoms with Crippen molar-refractivity contribution >= 4 is 34.8 Å². The molecule has 0 saturated carbocycles. The molecule has 3 rings (SSSR count). The number of hydrogen-bond donors (Lipinski definition) is 0. The lowest BCUT2D eigenvalue weighted by Crippen LogP contribution is -1.87. The van der Waals surface area contributed by atoms with Gasteiger partial charge in [0.05, 0.1) is 18.1 Å². The van der Waals surface area contributed by atoms with Gasteiger partial charge < -0.3 is 4.74 Å². The Hall–Kier alpha value is -1.52. The van der Waals surface area contributed by atoms with Crippen LogP contribution in [0, 0.1) is 0 Å². The lowest BCUT2D eigenvalue weighted by molar-refractivity contribution is 0.415. The molecule has 0 saturated heterocycles. The Morgan fingerprint density at radius 3 is 2.88 bits per heavy atom. The third kappa shape index (κ3) is 2.01. The summed E-state index contributed by atoms with van der Waals surface area (Å²) in [5.41, 5.74) is 2.05. The van der Waals surface area contributed by atoms with Gasteiger partial charge in [0.15, 0.2) is 0 Å². The van der Waals surface area contributed by atoms with E-state index in [2.05, 4.69) is 21.0 Å². The molecule has 0 unspecified atom stereocenters. The summed E-state index contributed by atoms with van der Waals surface area (Å²) in [6.45, 7) is 0. The molecule has 0 N–H and O–H groups in total. The molecule has 5 heteroatoms. The highest BCUT2D eigenvalue weighted by molar-refractivity contribution is 7.12. The number of nitrogens with zero attached hydrogens (tertiary/aromatic N) is 2. The van der Waals surface area contributed by atoms with Gasteiger partial charge in [-0.05, 0) is 29.6 Å². The third-order valence-corrected chi connectivity index (χ3v) is 3.37. The number of hydrogen-bond acceptors (Lipinski definition) is 3. The number of rotatable bonds is 2. The van der Waals surface area contributed by atoms with E-state index in [9.17, 15) is 0 Å². The summed E-state index contributed by atoms with van der Waals surface area (Å²) in [7, 11) is 1.66. The number of thiophene rings is 1. The molecule has 0 radical (unpaired) electrons. The number of halogens is 1. The molecule has 0 amide bonds. The van der Waals surface area contributed by atoms with E-state index in [-0.39, 0.29) is 12.4 Å². The second-order valence-electron chi connectivity index (χ2n) is 3.42. The largest absolute Gasteiger partial charge is 0.497 e. The zero-order chi connectivity index (χ0) is 11.0. The molecule has 3 nitrogen and oxygen atoms in total. The van der Waals surface area contributed by atoms with Crippen LogP contribution >= 0.6 is 23.7 Å². The Morgan fingerprint density at radius 2 is 2.18 bits per heavy atom. The standard InChI is InChI=1S/C12H10N2OS.ClH/c1-15-9-4-5-11-10(7-9)13-8-14(11)12-3-2-6-16-12;/h2-8H,1H3;1H. The van der Waals surface area contributed by atoms with E-state index < -0.39 is 0 Å². The molecule has 0 aliphatic rings. The Kier molecular flexibility index (Phi) is 3.36. The molecule has 0 spiro atoms. The minimum Gasteiger partial charge on any atom is -0.497 e. The van der Waals surface area contributed by atoms with E-state index in [1.165, 1.54) is 5.00 Å². The van der Waals surface area contributed by atoms with Crippen molar-refractivity contribution in [2.75, 3.05) is 7.11 Å². The van der Waals surface area contributed by atoms with E-state index >= 15 is 0 Å². The topological polar surface area (TPSA) is 27.1 Å². The average molecular weight is 267 g/mol. The van der Waals surface area contributed by atoms with E-state index in [0.29, 0.717) is 0 Å². The van der Waals surface area contributed by atoms with Gasteiger partial charge in [0.2, 0.25) is 0 Å². The maximum Gasteiger partial charge on any atom is 0.121 e. The van der Waals surface area contributed by atoms with Crippen molar-refractivity contribution in [3.05, 3.63) is 42.0 Å². The molecule has 1 aromatic carbocycles. The fraction of sp³-hybridized carbons (Fsp3) is 0.0833.